The fourth-order valence-electron chi connectivity index (χ4n) is 5.11. The number of anilines is 1. The maximum Gasteiger partial charge on any atom is 0.259 e. The van der Waals surface area contributed by atoms with Crippen LogP contribution in [0, 0.1) is 0 Å². The minimum atomic E-state index is -0.777. The van der Waals surface area contributed by atoms with E-state index >= 15 is 0 Å². The number of hydrogen-bond acceptors (Lipinski definition) is 3. The van der Waals surface area contributed by atoms with Crippen molar-refractivity contribution < 1.29 is 14.4 Å². The van der Waals surface area contributed by atoms with Crippen LogP contribution in [0.3, 0.4) is 0 Å². The van der Waals surface area contributed by atoms with Crippen molar-refractivity contribution in [3.63, 3.8) is 0 Å². The molecule has 0 radical (unpaired) electrons. The Morgan fingerprint density at radius 1 is 0.923 bits per heavy atom. The van der Waals surface area contributed by atoms with Crippen molar-refractivity contribution >= 4 is 45.8 Å². The Hall–Kier alpha value is -4.16. The number of amides is 3. The fraction of sp³-hybridized carbons (Fsp3) is 0.219. The van der Waals surface area contributed by atoms with Crippen LogP contribution in [0.25, 0.3) is 10.8 Å². The number of halogens is 1. The number of carbonyl (C=O) groups is 3. The zero-order valence-electron chi connectivity index (χ0n) is 21.8. The van der Waals surface area contributed by atoms with E-state index in [1.54, 1.807) is 23.1 Å². The second-order valence-electron chi connectivity index (χ2n) is 9.72. The predicted molar refractivity (Wildman–Crippen MR) is 155 cm³/mol. The number of nitrogens with one attached hydrogen (secondary N) is 1. The molecule has 4 aromatic carbocycles. The molecule has 7 heteroatoms. The number of benzene rings is 4. The van der Waals surface area contributed by atoms with Gasteiger partial charge in [0.15, 0.2) is 0 Å². The van der Waals surface area contributed by atoms with Gasteiger partial charge in [0, 0.05) is 35.5 Å². The maximum absolute atomic E-state index is 14.1. The lowest BCUT2D eigenvalue weighted by Gasteiger charge is -2.33. The molecule has 6 nitrogen and oxygen atoms in total. The fourth-order valence-corrected chi connectivity index (χ4v) is 5.33. The zero-order valence-corrected chi connectivity index (χ0v) is 22.5. The lowest BCUT2D eigenvalue weighted by molar-refractivity contribution is -0.140. The molecule has 1 heterocycles. The molecule has 1 aliphatic rings. The topological polar surface area (TPSA) is 69.7 Å². The molecule has 0 saturated heterocycles. The van der Waals surface area contributed by atoms with Crippen molar-refractivity contribution in [1.82, 2.24) is 10.2 Å². The van der Waals surface area contributed by atoms with Gasteiger partial charge in [0.05, 0.1) is 5.69 Å². The molecule has 0 bridgehead atoms. The van der Waals surface area contributed by atoms with Gasteiger partial charge in [-0.25, -0.2) is 0 Å². The summed E-state index contributed by atoms with van der Waals surface area (Å²) in [7, 11) is 0. The summed E-state index contributed by atoms with van der Waals surface area (Å²) in [4.78, 5) is 44.2. The molecule has 0 fully saturated rings. The summed E-state index contributed by atoms with van der Waals surface area (Å²) in [5.41, 5.74) is 3.03. The summed E-state index contributed by atoms with van der Waals surface area (Å²) in [6.07, 6.45) is 1.11. The third-order valence-corrected chi connectivity index (χ3v) is 7.24. The smallest absolute Gasteiger partial charge is 0.259 e. The highest BCUT2D eigenvalue weighted by Gasteiger charge is 2.35. The van der Waals surface area contributed by atoms with Crippen molar-refractivity contribution in [1.29, 1.82) is 0 Å². The summed E-state index contributed by atoms with van der Waals surface area (Å²) in [6, 6.07) is 27.5. The quantitative estimate of drug-likeness (QED) is 0.284. The van der Waals surface area contributed by atoms with Crippen LogP contribution in [0.1, 0.15) is 34.8 Å². The maximum atomic E-state index is 14.1. The number of rotatable bonds is 10. The molecule has 0 aromatic heterocycles. The normalized spacial score (nSPS) is 13.0. The SMILES string of the molecule is CCCNC(=O)[C@@H](Cc1ccccc1)N(Cc1cccc(Cl)c1)C(=O)CN1C(=O)c2cccc3cccc1c23. The van der Waals surface area contributed by atoms with Crippen molar-refractivity contribution in [2.45, 2.75) is 32.4 Å². The van der Waals surface area contributed by atoms with Crippen LogP contribution in [0.2, 0.25) is 5.02 Å². The second-order valence-corrected chi connectivity index (χ2v) is 10.2. The van der Waals surface area contributed by atoms with E-state index in [2.05, 4.69) is 5.32 Å². The van der Waals surface area contributed by atoms with Crippen molar-refractivity contribution in [2.24, 2.45) is 0 Å². The van der Waals surface area contributed by atoms with Crippen molar-refractivity contribution in [3.8, 4) is 0 Å². The highest BCUT2D eigenvalue weighted by molar-refractivity contribution is 6.30. The molecule has 39 heavy (non-hydrogen) atoms. The van der Waals surface area contributed by atoms with Gasteiger partial charge >= 0.3 is 0 Å². The molecule has 1 N–H and O–H groups in total. The molecule has 198 valence electrons. The molecule has 0 spiro atoms. The molecule has 0 saturated carbocycles. The van der Waals surface area contributed by atoms with Crippen LogP contribution >= 0.6 is 11.6 Å². The molecular formula is C32H30ClN3O3. The molecule has 4 aromatic rings. The Bertz CT molecular complexity index is 1520. The van der Waals surface area contributed by atoms with Gasteiger partial charge in [0.2, 0.25) is 11.8 Å². The third kappa shape index (κ3) is 5.66. The summed E-state index contributed by atoms with van der Waals surface area (Å²) in [5.74, 6) is -0.761. The molecule has 1 atom stereocenters. The Morgan fingerprint density at radius 2 is 1.64 bits per heavy atom. The summed E-state index contributed by atoms with van der Waals surface area (Å²) < 4.78 is 0. The molecule has 0 aliphatic carbocycles. The Kier molecular flexibility index (Phi) is 7.94. The molecule has 3 amide bonds. The lowest BCUT2D eigenvalue weighted by atomic mass is 10.0. The Balaban J connectivity index is 1.50. The van der Waals surface area contributed by atoms with E-state index in [9.17, 15) is 14.4 Å². The lowest BCUT2D eigenvalue weighted by Crippen LogP contribution is -2.53. The number of nitrogens with zero attached hydrogens (tertiary/aromatic N) is 2. The van der Waals surface area contributed by atoms with Gasteiger partial charge in [-0.2, -0.15) is 0 Å². The largest absolute Gasteiger partial charge is 0.354 e. The minimum Gasteiger partial charge on any atom is -0.354 e. The van der Waals surface area contributed by atoms with Crippen LogP contribution in [0.5, 0.6) is 0 Å². The average molecular weight is 540 g/mol. The Morgan fingerprint density at radius 3 is 2.38 bits per heavy atom. The van der Waals surface area contributed by atoms with E-state index in [0.717, 1.165) is 28.3 Å². The van der Waals surface area contributed by atoms with Crippen molar-refractivity contribution in [3.05, 3.63) is 113 Å². The molecular weight excluding hydrogens is 510 g/mol. The van der Waals surface area contributed by atoms with E-state index in [4.69, 9.17) is 11.6 Å². The van der Waals surface area contributed by atoms with Gasteiger partial charge < -0.3 is 10.2 Å². The average Bonchev–Trinajstić information content (AvgIpc) is 3.22. The van der Waals surface area contributed by atoms with Crippen LogP contribution in [0.15, 0.2) is 91.0 Å². The summed E-state index contributed by atoms with van der Waals surface area (Å²) in [6.45, 7) is 2.49. The van der Waals surface area contributed by atoms with E-state index in [-0.39, 0.29) is 30.8 Å². The first kappa shape index (κ1) is 26.4. The van der Waals surface area contributed by atoms with Gasteiger partial charge in [-0.1, -0.05) is 85.3 Å². The van der Waals surface area contributed by atoms with E-state index in [1.807, 2.05) is 79.7 Å². The first-order valence-corrected chi connectivity index (χ1v) is 13.5. The van der Waals surface area contributed by atoms with Gasteiger partial charge in [-0.3, -0.25) is 19.3 Å². The van der Waals surface area contributed by atoms with E-state index < -0.39 is 6.04 Å². The predicted octanol–water partition coefficient (Wildman–Crippen LogP) is 5.62. The zero-order chi connectivity index (χ0) is 27.4. The molecule has 5 rings (SSSR count). The molecule has 0 unspecified atom stereocenters. The highest BCUT2D eigenvalue weighted by Crippen LogP contribution is 2.37. The number of hydrogen-bond donors (Lipinski definition) is 1. The third-order valence-electron chi connectivity index (χ3n) is 7.00. The minimum absolute atomic E-state index is 0.176. The molecule has 1 aliphatic heterocycles. The van der Waals surface area contributed by atoms with Gasteiger partial charge in [-0.15, -0.1) is 0 Å². The van der Waals surface area contributed by atoms with E-state index in [0.29, 0.717) is 29.2 Å². The van der Waals surface area contributed by atoms with Crippen LogP contribution in [-0.4, -0.2) is 41.8 Å². The summed E-state index contributed by atoms with van der Waals surface area (Å²) in [5, 5.41) is 5.32. The van der Waals surface area contributed by atoms with Crippen LogP contribution in [0.4, 0.5) is 5.69 Å². The first-order chi connectivity index (χ1) is 19.0. The first-order valence-electron chi connectivity index (χ1n) is 13.2. The van der Waals surface area contributed by atoms with Crippen molar-refractivity contribution in [2.75, 3.05) is 18.0 Å². The van der Waals surface area contributed by atoms with Gasteiger partial charge in [0.25, 0.3) is 5.91 Å². The second kappa shape index (κ2) is 11.7. The monoisotopic (exact) mass is 539 g/mol. The highest BCUT2D eigenvalue weighted by atomic mass is 35.5. The summed E-state index contributed by atoms with van der Waals surface area (Å²) >= 11 is 6.27. The standard InChI is InChI=1S/C32H30ClN3O3/c1-2-17-34-31(38)28(19-22-9-4-3-5-10-22)35(20-23-11-6-14-25(33)18-23)29(37)21-36-27-16-8-13-24-12-7-15-26(30(24)27)32(36)39/h3-16,18,28H,2,17,19-21H2,1H3,(H,34,38)/t28-/m1/s1. The number of carbonyl (C=O) groups excluding carboxylic acids is 3. The van der Waals surface area contributed by atoms with E-state index in [1.165, 1.54) is 4.90 Å². The van der Waals surface area contributed by atoms with Crippen LogP contribution < -0.4 is 10.2 Å². The van der Waals surface area contributed by atoms with Gasteiger partial charge in [-0.05, 0) is 47.2 Å². The van der Waals surface area contributed by atoms with Crippen LogP contribution in [-0.2, 0) is 22.6 Å². The van der Waals surface area contributed by atoms with Gasteiger partial charge in [0.1, 0.15) is 12.6 Å². The Labute approximate surface area is 233 Å².